The molecule has 0 fully saturated rings. The van der Waals surface area contributed by atoms with Crippen LogP contribution in [-0.4, -0.2) is 11.1 Å². The molecule has 0 heterocycles. The number of carbonyl (C=O) groups is 1. The zero-order valence-electron chi connectivity index (χ0n) is 11.0. The van der Waals surface area contributed by atoms with Gasteiger partial charge in [-0.15, -0.1) is 0 Å². The molecule has 1 atom stereocenters. The van der Waals surface area contributed by atoms with Gasteiger partial charge >= 0.3 is 5.97 Å². The Labute approximate surface area is 129 Å². The summed E-state index contributed by atoms with van der Waals surface area (Å²) in [5.74, 6) is -2.56. The first-order valence-corrected chi connectivity index (χ1v) is 7.17. The quantitative estimate of drug-likeness (QED) is 0.872. The lowest BCUT2D eigenvalue weighted by Gasteiger charge is -2.14. The van der Waals surface area contributed by atoms with E-state index in [1.807, 2.05) is 0 Å². The highest BCUT2D eigenvalue weighted by Crippen LogP contribution is 2.24. The fourth-order valence-corrected chi connectivity index (χ4v) is 2.59. The maximum Gasteiger partial charge on any atom is 0.307 e. The van der Waals surface area contributed by atoms with Crippen molar-refractivity contribution in [2.75, 3.05) is 0 Å². The third-order valence-electron chi connectivity index (χ3n) is 3.22. The zero-order valence-corrected chi connectivity index (χ0v) is 12.6. The Balaban J connectivity index is 2.20. The molecule has 0 amide bonds. The number of rotatable bonds is 5. The number of halogens is 3. The van der Waals surface area contributed by atoms with Crippen molar-refractivity contribution in [2.24, 2.45) is 5.92 Å². The molecule has 0 saturated heterocycles. The van der Waals surface area contributed by atoms with Crippen LogP contribution in [0.5, 0.6) is 0 Å². The second kappa shape index (κ2) is 6.80. The van der Waals surface area contributed by atoms with Crippen LogP contribution in [0.1, 0.15) is 11.1 Å². The van der Waals surface area contributed by atoms with Gasteiger partial charge in [0.2, 0.25) is 0 Å². The van der Waals surface area contributed by atoms with E-state index < -0.39 is 23.5 Å². The molecule has 0 aliphatic rings. The van der Waals surface area contributed by atoms with Crippen molar-refractivity contribution >= 4 is 21.9 Å². The third-order valence-corrected chi connectivity index (χ3v) is 4.11. The van der Waals surface area contributed by atoms with Crippen molar-refractivity contribution in [1.29, 1.82) is 0 Å². The Morgan fingerprint density at radius 3 is 2.52 bits per heavy atom. The van der Waals surface area contributed by atoms with Gasteiger partial charge in [0.25, 0.3) is 0 Å². The van der Waals surface area contributed by atoms with Gasteiger partial charge in [0.15, 0.2) is 0 Å². The molecule has 1 N–H and O–H groups in total. The summed E-state index contributed by atoms with van der Waals surface area (Å²) in [6.07, 6.45) is 0.361. The molecular weight excluding hydrogens is 342 g/mol. The number of hydrogen-bond acceptors (Lipinski definition) is 1. The molecule has 0 aliphatic heterocycles. The summed E-state index contributed by atoms with van der Waals surface area (Å²) in [7, 11) is 0. The molecule has 2 aromatic rings. The van der Waals surface area contributed by atoms with E-state index in [9.17, 15) is 18.7 Å². The topological polar surface area (TPSA) is 37.3 Å². The summed E-state index contributed by atoms with van der Waals surface area (Å²) in [6.45, 7) is 0. The first kappa shape index (κ1) is 15.6. The van der Waals surface area contributed by atoms with Crippen molar-refractivity contribution in [2.45, 2.75) is 12.8 Å². The van der Waals surface area contributed by atoms with Gasteiger partial charge in [0.05, 0.1) is 10.4 Å². The van der Waals surface area contributed by atoms with E-state index in [-0.39, 0.29) is 17.3 Å². The molecule has 0 spiro atoms. The zero-order chi connectivity index (χ0) is 15.4. The molecule has 0 bridgehead atoms. The standard InChI is InChI=1S/C16H13BrF2O2/c17-15-11(4-2-6-14(15)19)9-12(16(20)21)7-10-3-1-5-13(18)8-10/h1-6,8,12H,7,9H2,(H,20,21). The first-order valence-electron chi connectivity index (χ1n) is 6.37. The van der Waals surface area contributed by atoms with Crippen LogP contribution in [0.25, 0.3) is 0 Å². The highest BCUT2D eigenvalue weighted by atomic mass is 79.9. The molecule has 0 saturated carbocycles. The van der Waals surface area contributed by atoms with Crippen molar-refractivity contribution < 1.29 is 18.7 Å². The van der Waals surface area contributed by atoms with E-state index in [2.05, 4.69) is 15.9 Å². The average Bonchev–Trinajstić information content (AvgIpc) is 2.43. The van der Waals surface area contributed by atoms with E-state index in [0.717, 1.165) is 0 Å². The monoisotopic (exact) mass is 354 g/mol. The fourth-order valence-electron chi connectivity index (χ4n) is 2.17. The van der Waals surface area contributed by atoms with Gasteiger partial charge in [-0.1, -0.05) is 24.3 Å². The molecule has 0 aromatic heterocycles. The lowest BCUT2D eigenvalue weighted by molar-refractivity contribution is -0.141. The second-order valence-corrected chi connectivity index (χ2v) is 5.58. The van der Waals surface area contributed by atoms with E-state index >= 15 is 0 Å². The van der Waals surface area contributed by atoms with Crippen LogP contribution in [0.4, 0.5) is 8.78 Å². The van der Waals surface area contributed by atoms with Crippen LogP contribution >= 0.6 is 15.9 Å². The largest absolute Gasteiger partial charge is 0.481 e. The van der Waals surface area contributed by atoms with Crippen LogP contribution in [0.2, 0.25) is 0 Å². The molecule has 0 aliphatic carbocycles. The molecule has 2 rings (SSSR count). The Morgan fingerprint density at radius 1 is 1.14 bits per heavy atom. The molecule has 2 aromatic carbocycles. The number of aliphatic carboxylic acids is 1. The van der Waals surface area contributed by atoms with Gasteiger partial charge in [-0.2, -0.15) is 0 Å². The van der Waals surface area contributed by atoms with Crippen molar-refractivity contribution in [1.82, 2.24) is 0 Å². The molecule has 5 heteroatoms. The van der Waals surface area contributed by atoms with Crippen molar-refractivity contribution in [3.8, 4) is 0 Å². The number of carboxylic acid groups (broad SMARTS) is 1. The normalized spacial score (nSPS) is 12.1. The lowest BCUT2D eigenvalue weighted by atomic mass is 9.92. The second-order valence-electron chi connectivity index (χ2n) is 4.79. The lowest BCUT2D eigenvalue weighted by Crippen LogP contribution is -2.19. The summed E-state index contributed by atoms with van der Waals surface area (Å²) in [5.41, 5.74) is 1.19. The number of benzene rings is 2. The van der Waals surface area contributed by atoms with E-state index in [1.165, 1.54) is 24.3 Å². The van der Waals surface area contributed by atoms with Crippen LogP contribution in [-0.2, 0) is 17.6 Å². The smallest absolute Gasteiger partial charge is 0.307 e. The highest BCUT2D eigenvalue weighted by molar-refractivity contribution is 9.10. The van der Waals surface area contributed by atoms with Crippen LogP contribution < -0.4 is 0 Å². The maximum absolute atomic E-state index is 13.5. The minimum absolute atomic E-state index is 0.171. The van der Waals surface area contributed by atoms with Crippen molar-refractivity contribution in [3.63, 3.8) is 0 Å². The third kappa shape index (κ3) is 4.11. The summed E-state index contributed by atoms with van der Waals surface area (Å²) in [5, 5.41) is 9.32. The van der Waals surface area contributed by atoms with E-state index in [0.29, 0.717) is 11.1 Å². The van der Waals surface area contributed by atoms with Crippen LogP contribution in [0.3, 0.4) is 0 Å². The van der Waals surface area contributed by atoms with E-state index in [1.54, 1.807) is 18.2 Å². The number of hydrogen-bond donors (Lipinski definition) is 1. The predicted molar refractivity (Wildman–Crippen MR) is 79.0 cm³/mol. The van der Waals surface area contributed by atoms with Gasteiger partial charge < -0.3 is 5.11 Å². The molecular formula is C16H13BrF2O2. The fraction of sp³-hybridized carbons (Fsp3) is 0.188. The Bertz CT molecular complexity index is 658. The minimum Gasteiger partial charge on any atom is -0.481 e. The average molecular weight is 355 g/mol. The Hall–Kier alpha value is -1.75. The van der Waals surface area contributed by atoms with Gasteiger partial charge in [0, 0.05) is 0 Å². The van der Waals surface area contributed by atoms with Gasteiger partial charge in [0.1, 0.15) is 11.6 Å². The van der Waals surface area contributed by atoms with Gasteiger partial charge in [-0.25, -0.2) is 8.78 Å². The number of carboxylic acids is 1. The molecule has 0 radical (unpaired) electrons. The molecule has 21 heavy (non-hydrogen) atoms. The molecule has 110 valence electrons. The van der Waals surface area contributed by atoms with Crippen molar-refractivity contribution in [3.05, 3.63) is 69.7 Å². The molecule has 2 nitrogen and oxygen atoms in total. The summed E-state index contributed by atoms with van der Waals surface area (Å²) in [4.78, 5) is 11.4. The minimum atomic E-state index is -0.990. The Morgan fingerprint density at radius 2 is 1.86 bits per heavy atom. The summed E-state index contributed by atoms with van der Waals surface area (Å²) in [6, 6.07) is 10.4. The highest BCUT2D eigenvalue weighted by Gasteiger charge is 2.20. The van der Waals surface area contributed by atoms with E-state index in [4.69, 9.17) is 0 Å². The maximum atomic E-state index is 13.5. The predicted octanol–water partition coefficient (Wildman–Crippen LogP) is 4.21. The van der Waals surface area contributed by atoms with Gasteiger partial charge in [-0.05, 0) is 58.1 Å². The summed E-state index contributed by atoms with van der Waals surface area (Å²) < 4.78 is 26.9. The van der Waals surface area contributed by atoms with Gasteiger partial charge in [-0.3, -0.25) is 4.79 Å². The molecule has 1 unspecified atom stereocenters. The first-order chi connectivity index (χ1) is 9.97. The SMILES string of the molecule is O=C(O)C(Cc1cccc(F)c1)Cc1cccc(F)c1Br. The van der Waals surface area contributed by atoms with Crippen LogP contribution in [0, 0.1) is 17.6 Å². The van der Waals surface area contributed by atoms with Crippen LogP contribution in [0.15, 0.2) is 46.9 Å². The summed E-state index contributed by atoms with van der Waals surface area (Å²) >= 11 is 3.13. The Kier molecular flexibility index (Phi) is 5.07.